The standard InChI is InChI=1S/C28H32N6O3S/c1-3-37-28(36)33-15-13-32(14-16-33)24(35)12-7-17-38-27-29-26-25(30-31-27)22-10-4-5-11-23(22)34(26)19-21-9-6-8-20(2)18-21/h4-6,8-11,18H,3,7,12-17,19H2,1-2H3. The van der Waals surface area contributed by atoms with Crippen LogP contribution in [0.5, 0.6) is 0 Å². The van der Waals surface area contributed by atoms with E-state index in [0.29, 0.717) is 50.9 Å². The van der Waals surface area contributed by atoms with Gasteiger partial charge in [0, 0.05) is 50.3 Å². The van der Waals surface area contributed by atoms with Crippen LogP contribution in [0.15, 0.2) is 53.7 Å². The van der Waals surface area contributed by atoms with Gasteiger partial charge in [-0.25, -0.2) is 9.78 Å². The van der Waals surface area contributed by atoms with Gasteiger partial charge in [0.25, 0.3) is 0 Å². The van der Waals surface area contributed by atoms with Crippen molar-refractivity contribution in [2.75, 3.05) is 38.5 Å². The van der Waals surface area contributed by atoms with Crippen molar-refractivity contribution in [2.45, 2.75) is 38.4 Å². The molecule has 5 rings (SSSR count). The number of rotatable bonds is 8. The van der Waals surface area contributed by atoms with Crippen LogP contribution in [0.3, 0.4) is 0 Å². The van der Waals surface area contributed by atoms with Gasteiger partial charge in [-0.2, -0.15) is 0 Å². The third kappa shape index (κ3) is 5.75. The zero-order valence-corrected chi connectivity index (χ0v) is 22.6. The predicted octanol–water partition coefficient (Wildman–Crippen LogP) is 4.51. The summed E-state index contributed by atoms with van der Waals surface area (Å²) < 4.78 is 7.25. The van der Waals surface area contributed by atoms with Crippen molar-refractivity contribution >= 4 is 45.8 Å². The molecule has 38 heavy (non-hydrogen) atoms. The Morgan fingerprint density at radius 3 is 2.58 bits per heavy atom. The summed E-state index contributed by atoms with van der Waals surface area (Å²) in [5.74, 6) is 0.835. The van der Waals surface area contributed by atoms with Crippen molar-refractivity contribution in [3.63, 3.8) is 0 Å². The first-order valence-corrected chi connectivity index (χ1v) is 14.0. The summed E-state index contributed by atoms with van der Waals surface area (Å²) in [7, 11) is 0. The Balaban J connectivity index is 1.21. The molecule has 0 unspecified atom stereocenters. The minimum absolute atomic E-state index is 0.113. The maximum Gasteiger partial charge on any atom is 0.409 e. The van der Waals surface area contributed by atoms with E-state index in [4.69, 9.17) is 9.72 Å². The summed E-state index contributed by atoms with van der Waals surface area (Å²) in [6.07, 6.45) is 0.866. The molecule has 0 bridgehead atoms. The number of fused-ring (bicyclic) bond motifs is 3. The van der Waals surface area contributed by atoms with Crippen molar-refractivity contribution in [1.82, 2.24) is 29.5 Å². The molecular formula is C28H32N6O3S. The Hall–Kier alpha value is -3.66. The average Bonchev–Trinajstić information content (AvgIpc) is 3.24. The van der Waals surface area contributed by atoms with Crippen LogP contribution in [0, 0.1) is 6.92 Å². The number of thioether (sulfide) groups is 1. The van der Waals surface area contributed by atoms with Gasteiger partial charge in [-0.3, -0.25) is 4.79 Å². The van der Waals surface area contributed by atoms with Crippen molar-refractivity contribution in [3.8, 4) is 0 Å². The van der Waals surface area contributed by atoms with Crippen molar-refractivity contribution in [3.05, 3.63) is 59.7 Å². The van der Waals surface area contributed by atoms with Gasteiger partial charge >= 0.3 is 6.09 Å². The van der Waals surface area contributed by atoms with E-state index in [-0.39, 0.29) is 12.0 Å². The molecule has 10 heteroatoms. The third-order valence-electron chi connectivity index (χ3n) is 6.70. The number of piperazine rings is 1. The second kappa shape index (κ2) is 11.8. The SMILES string of the molecule is CCOC(=O)N1CCN(C(=O)CCCSc2nnc3c4ccccc4n(Cc4cccc(C)c4)c3n2)CC1. The highest BCUT2D eigenvalue weighted by Gasteiger charge is 2.24. The summed E-state index contributed by atoms with van der Waals surface area (Å²) in [6.45, 7) is 7.05. The molecular weight excluding hydrogens is 500 g/mol. The molecule has 1 aliphatic heterocycles. The highest BCUT2D eigenvalue weighted by Crippen LogP contribution is 2.28. The highest BCUT2D eigenvalue weighted by atomic mass is 32.2. The summed E-state index contributed by atoms with van der Waals surface area (Å²) in [4.78, 5) is 32.9. The van der Waals surface area contributed by atoms with Crippen molar-refractivity contribution in [1.29, 1.82) is 0 Å². The van der Waals surface area contributed by atoms with Gasteiger partial charge < -0.3 is 19.1 Å². The second-order valence-corrected chi connectivity index (χ2v) is 10.4. The van der Waals surface area contributed by atoms with Crippen molar-refractivity contribution < 1.29 is 14.3 Å². The Morgan fingerprint density at radius 2 is 1.79 bits per heavy atom. The van der Waals surface area contributed by atoms with E-state index in [2.05, 4.69) is 58.1 Å². The molecule has 2 aromatic heterocycles. The fourth-order valence-corrected chi connectivity index (χ4v) is 5.52. The molecule has 3 heterocycles. The van der Waals surface area contributed by atoms with Crippen LogP contribution in [-0.2, 0) is 16.1 Å². The van der Waals surface area contributed by atoms with Gasteiger partial charge in [-0.15, -0.1) is 10.2 Å². The number of hydrogen-bond acceptors (Lipinski definition) is 7. The number of aryl methyl sites for hydroxylation is 1. The topological polar surface area (TPSA) is 93.5 Å². The van der Waals surface area contributed by atoms with Crippen LogP contribution in [0.4, 0.5) is 4.79 Å². The molecule has 2 aromatic carbocycles. The van der Waals surface area contributed by atoms with Gasteiger partial charge in [0.2, 0.25) is 11.1 Å². The lowest BCUT2D eigenvalue weighted by atomic mass is 10.1. The zero-order valence-electron chi connectivity index (χ0n) is 21.8. The zero-order chi connectivity index (χ0) is 26.5. The molecule has 1 aliphatic rings. The molecule has 0 saturated carbocycles. The quantitative estimate of drug-likeness (QED) is 0.243. The van der Waals surface area contributed by atoms with E-state index < -0.39 is 0 Å². The fraction of sp³-hybridized carbons (Fsp3) is 0.393. The molecule has 198 valence electrons. The fourth-order valence-electron chi connectivity index (χ4n) is 4.80. The lowest BCUT2D eigenvalue weighted by Crippen LogP contribution is -2.50. The molecule has 0 atom stereocenters. The molecule has 4 aromatic rings. The lowest BCUT2D eigenvalue weighted by Gasteiger charge is -2.34. The first-order chi connectivity index (χ1) is 18.5. The number of ether oxygens (including phenoxy) is 1. The van der Waals surface area contributed by atoms with E-state index in [1.54, 1.807) is 11.8 Å². The second-order valence-electron chi connectivity index (χ2n) is 9.38. The number of benzene rings is 2. The molecule has 2 amide bonds. The van der Waals surface area contributed by atoms with E-state index in [1.807, 2.05) is 17.0 Å². The summed E-state index contributed by atoms with van der Waals surface area (Å²) >= 11 is 1.52. The van der Waals surface area contributed by atoms with Gasteiger partial charge in [0.05, 0.1) is 12.1 Å². The first-order valence-electron chi connectivity index (χ1n) is 13.0. The summed E-state index contributed by atoms with van der Waals surface area (Å²) in [5.41, 5.74) is 5.14. The number of para-hydroxylation sites is 1. The van der Waals surface area contributed by atoms with E-state index in [0.717, 1.165) is 34.2 Å². The van der Waals surface area contributed by atoms with Gasteiger partial charge in [0.15, 0.2) is 5.65 Å². The van der Waals surface area contributed by atoms with Crippen LogP contribution < -0.4 is 0 Å². The van der Waals surface area contributed by atoms with Gasteiger partial charge in [-0.1, -0.05) is 59.8 Å². The normalized spacial score (nSPS) is 13.8. The van der Waals surface area contributed by atoms with Crippen molar-refractivity contribution in [2.24, 2.45) is 0 Å². The maximum absolute atomic E-state index is 12.7. The minimum atomic E-state index is -0.306. The smallest absolute Gasteiger partial charge is 0.409 e. The monoisotopic (exact) mass is 532 g/mol. The molecule has 1 fully saturated rings. The largest absolute Gasteiger partial charge is 0.450 e. The third-order valence-corrected chi connectivity index (χ3v) is 7.63. The number of amides is 2. The predicted molar refractivity (Wildman–Crippen MR) is 148 cm³/mol. The number of carbonyl (C=O) groups excluding carboxylic acids is 2. The molecule has 0 N–H and O–H groups in total. The first kappa shape index (κ1) is 26.0. The molecule has 0 aliphatic carbocycles. The van der Waals surface area contributed by atoms with Gasteiger partial charge in [-0.05, 0) is 31.9 Å². The molecule has 0 spiro atoms. The Bertz CT molecular complexity index is 1450. The van der Waals surface area contributed by atoms with Gasteiger partial charge in [0.1, 0.15) is 5.52 Å². The van der Waals surface area contributed by atoms with E-state index in [9.17, 15) is 9.59 Å². The number of aromatic nitrogens is 4. The van der Waals surface area contributed by atoms with E-state index >= 15 is 0 Å². The average molecular weight is 533 g/mol. The van der Waals surface area contributed by atoms with E-state index in [1.165, 1.54) is 22.9 Å². The highest BCUT2D eigenvalue weighted by molar-refractivity contribution is 7.99. The Morgan fingerprint density at radius 1 is 1.00 bits per heavy atom. The van der Waals surface area contributed by atoms with Crippen LogP contribution in [-0.4, -0.2) is 80.1 Å². The van der Waals surface area contributed by atoms with Crippen LogP contribution in [0.1, 0.15) is 30.9 Å². The maximum atomic E-state index is 12.7. The lowest BCUT2D eigenvalue weighted by molar-refractivity contribution is -0.132. The Kier molecular flexibility index (Phi) is 8.07. The number of carbonyl (C=O) groups is 2. The summed E-state index contributed by atoms with van der Waals surface area (Å²) in [6, 6.07) is 16.7. The molecule has 0 radical (unpaired) electrons. The molecule has 9 nitrogen and oxygen atoms in total. The van der Waals surface area contributed by atoms with Crippen LogP contribution >= 0.6 is 11.8 Å². The minimum Gasteiger partial charge on any atom is -0.450 e. The summed E-state index contributed by atoms with van der Waals surface area (Å²) in [5, 5.41) is 10.6. The van der Waals surface area contributed by atoms with Crippen LogP contribution in [0.2, 0.25) is 0 Å². The van der Waals surface area contributed by atoms with Crippen LogP contribution in [0.25, 0.3) is 22.1 Å². The number of nitrogens with zero attached hydrogens (tertiary/aromatic N) is 6. The Labute approximate surface area is 226 Å². The molecule has 1 saturated heterocycles. The number of hydrogen-bond donors (Lipinski definition) is 0.